The molecule has 1 amide bonds. The number of hydrogen-bond donors (Lipinski definition) is 2. The van der Waals surface area contributed by atoms with Crippen molar-refractivity contribution in [2.45, 2.75) is 13.0 Å². The first kappa shape index (κ1) is 7.00. The number of nitrogens with one attached hydrogen (secondary N) is 2. The van der Waals surface area contributed by atoms with Gasteiger partial charge in [-0.2, -0.15) is 0 Å². The van der Waals surface area contributed by atoms with E-state index in [9.17, 15) is 4.79 Å². The molecule has 0 aliphatic heterocycles. The third-order valence-electron chi connectivity index (χ3n) is 1.28. The summed E-state index contributed by atoms with van der Waals surface area (Å²) in [5.41, 5.74) is 0.839. The van der Waals surface area contributed by atoms with Gasteiger partial charge in [0.05, 0.1) is 6.04 Å². The van der Waals surface area contributed by atoms with Gasteiger partial charge in [0.1, 0.15) is 1.37 Å². The second-order valence-corrected chi connectivity index (χ2v) is 3.62. The van der Waals surface area contributed by atoms with Crippen molar-refractivity contribution in [3.63, 3.8) is 0 Å². The van der Waals surface area contributed by atoms with E-state index in [1.54, 1.807) is 6.92 Å². The van der Waals surface area contributed by atoms with E-state index in [-0.39, 0.29) is 6.04 Å². The molecule has 0 saturated carbocycles. The van der Waals surface area contributed by atoms with Crippen LogP contribution < -0.4 is 5.32 Å². The maximum Gasteiger partial charge on any atom is 0.207 e. The number of aromatic amines is 1. The molecular formula is C6H8N2OS2. The van der Waals surface area contributed by atoms with Gasteiger partial charge in [-0.05, 0) is 19.1 Å². The first-order valence-corrected chi connectivity index (χ1v) is 4.33. The second-order valence-electron chi connectivity index (χ2n) is 2.07. The zero-order valence-corrected chi connectivity index (χ0v) is 7.51. The molecule has 1 heterocycles. The van der Waals surface area contributed by atoms with Gasteiger partial charge in [-0.3, -0.25) is 4.79 Å². The Hall–Kier alpha value is -0.680. The van der Waals surface area contributed by atoms with E-state index >= 15 is 0 Å². The summed E-state index contributed by atoms with van der Waals surface area (Å²) in [6.07, 6.45) is -0.784. The van der Waals surface area contributed by atoms with Crippen molar-refractivity contribution in [3.05, 3.63) is 15.0 Å². The first-order valence-electron chi connectivity index (χ1n) is 3.54. The number of hydrogen-bond acceptors (Lipinski definition) is 3. The Bertz CT molecular complexity index is 332. The molecule has 0 saturated heterocycles. The molecule has 0 aliphatic rings. The Labute approximate surface area is 74.9 Å². The predicted molar refractivity (Wildman–Crippen MR) is 47.1 cm³/mol. The van der Waals surface area contributed by atoms with E-state index in [0.29, 0.717) is 3.95 Å². The number of aromatic nitrogens is 1. The summed E-state index contributed by atoms with van der Waals surface area (Å²) in [6, 6.07) is -0.178. The molecule has 1 aromatic heterocycles. The monoisotopic (exact) mass is 189 g/mol. The molecule has 1 rings (SSSR count). The van der Waals surface area contributed by atoms with Crippen molar-refractivity contribution in [2.75, 3.05) is 0 Å². The van der Waals surface area contributed by atoms with E-state index in [4.69, 9.17) is 13.6 Å². The van der Waals surface area contributed by atoms with E-state index in [1.807, 2.05) is 5.38 Å². The zero-order chi connectivity index (χ0) is 9.14. The number of rotatable bonds is 2. The van der Waals surface area contributed by atoms with Crippen molar-refractivity contribution in [1.82, 2.24) is 10.3 Å². The summed E-state index contributed by atoms with van der Waals surface area (Å²) in [4.78, 5) is 13.3. The van der Waals surface area contributed by atoms with E-state index in [1.165, 1.54) is 11.3 Å². The molecule has 3 nitrogen and oxygen atoms in total. The summed E-state index contributed by atoms with van der Waals surface area (Å²) in [5.74, 6) is 0. The molecule has 5 heteroatoms. The lowest BCUT2D eigenvalue weighted by molar-refractivity contribution is -0.110. The van der Waals surface area contributed by atoms with Gasteiger partial charge in [0.2, 0.25) is 6.39 Å². The van der Waals surface area contributed by atoms with Crippen LogP contribution in [0.4, 0.5) is 0 Å². The number of carbonyl (C=O) groups is 1. The van der Waals surface area contributed by atoms with Crippen LogP contribution in [0.25, 0.3) is 0 Å². The Morgan fingerprint density at radius 3 is 3.27 bits per heavy atom. The Morgan fingerprint density at radius 2 is 2.82 bits per heavy atom. The van der Waals surface area contributed by atoms with Crippen LogP contribution in [0, 0.1) is 3.95 Å². The highest BCUT2D eigenvalue weighted by Gasteiger charge is 2.03. The average Bonchev–Trinajstić information content (AvgIpc) is 2.34. The number of carbonyl (C=O) groups excluding carboxylic acids is 1. The van der Waals surface area contributed by atoms with Crippen molar-refractivity contribution >= 4 is 29.9 Å². The molecule has 60 valence electrons. The largest absolute Gasteiger partial charge is 0.351 e. The fraction of sp³-hybridized carbons (Fsp3) is 0.333. The molecular weight excluding hydrogens is 180 g/mol. The zero-order valence-electron chi connectivity index (χ0n) is 6.88. The third kappa shape index (κ3) is 2.13. The average molecular weight is 189 g/mol. The molecule has 2 N–H and O–H groups in total. The fourth-order valence-corrected chi connectivity index (χ4v) is 1.61. The summed E-state index contributed by atoms with van der Waals surface area (Å²) in [5, 5.41) is 4.27. The fourth-order valence-electron chi connectivity index (χ4n) is 0.670. The van der Waals surface area contributed by atoms with Gasteiger partial charge < -0.3 is 10.3 Å². The van der Waals surface area contributed by atoms with E-state index < -0.39 is 6.39 Å². The molecule has 1 atom stereocenters. The molecule has 0 bridgehead atoms. The van der Waals surface area contributed by atoms with Crippen LogP contribution in [0.2, 0.25) is 0 Å². The minimum absolute atomic E-state index is 0.178. The van der Waals surface area contributed by atoms with Gasteiger partial charge in [0.15, 0.2) is 3.95 Å². The Morgan fingerprint density at radius 1 is 2.09 bits per heavy atom. The summed E-state index contributed by atoms with van der Waals surface area (Å²) in [7, 11) is 0. The third-order valence-corrected chi connectivity index (χ3v) is 2.36. The Balaban J connectivity index is 2.71. The van der Waals surface area contributed by atoms with Gasteiger partial charge in [-0.15, -0.1) is 11.3 Å². The molecule has 0 fully saturated rings. The summed E-state index contributed by atoms with van der Waals surface area (Å²) in [6.45, 7) is 1.79. The van der Waals surface area contributed by atoms with Crippen LogP contribution in [0.15, 0.2) is 5.38 Å². The highest BCUT2D eigenvalue weighted by atomic mass is 32.1. The minimum Gasteiger partial charge on any atom is -0.351 e. The van der Waals surface area contributed by atoms with Crippen molar-refractivity contribution < 1.29 is 6.17 Å². The van der Waals surface area contributed by atoms with Crippen LogP contribution in [0.5, 0.6) is 0 Å². The highest BCUT2D eigenvalue weighted by Crippen LogP contribution is 2.12. The van der Waals surface area contributed by atoms with Gasteiger partial charge in [-0.25, -0.2) is 0 Å². The molecule has 0 aliphatic carbocycles. The van der Waals surface area contributed by atoms with Gasteiger partial charge in [0, 0.05) is 11.1 Å². The van der Waals surface area contributed by atoms with Crippen LogP contribution in [-0.2, 0) is 4.79 Å². The predicted octanol–water partition coefficient (Wildman–Crippen LogP) is 1.61. The summed E-state index contributed by atoms with van der Waals surface area (Å²) >= 11 is 6.28. The van der Waals surface area contributed by atoms with Gasteiger partial charge in [-0.1, -0.05) is 0 Å². The Kier molecular flexibility index (Phi) is 2.31. The lowest BCUT2D eigenvalue weighted by atomic mass is 10.3. The van der Waals surface area contributed by atoms with E-state index in [2.05, 4.69) is 10.3 Å². The van der Waals surface area contributed by atoms with E-state index in [0.717, 1.165) is 5.69 Å². The number of thiazole rings is 1. The van der Waals surface area contributed by atoms with Crippen LogP contribution >= 0.6 is 23.6 Å². The van der Waals surface area contributed by atoms with Crippen molar-refractivity contribution in [3.8, 4) is 0 Å². The second kappa shape index (κ2) is 3.64. The van der Waals surface area contributed by atoms with Crippen LogP contribution in [0.3, 0.4) is 0 Å². The normalized spacial score (nSPS) is 13.7. The lowest BCUT2D eigenvalue weighted by Crippen LogP contribution is -2.16. The molecule has 1 aromatic rings. The maximum absolute atomic E-state index is 10.4. The maximum atomic E-state index is 10.4. The SMILES string of the molecule is [2H]C(=O)NC(C)c1csc(=S)[nH]1. The highest BCUT2D eigenvalue weighted by molar-refractivity contribution is 7.73. The molecule has 0 spiro atoms. The summed E-state index contributed by atoms with van der Waals surface area (Å²) < 4.78 is 7.35. The number of H-pyrrole nitrogens is 1. The quantitative estimate of drug-likeness (QED) is 0.548. The topological polar surface area (TPSA) is 44.9 Å². The lowest BCUT2D eigenvalue weighted by Gasteiger charge is -2.05. The first-order chi connectivity index (χ1) is 5.59. The molecule has 0 aromatic carbocycles. The van der Waals surface area contributed by atoms with Crippen LogP contribution in [0.1, 0.15) is 20.0 Å². The van der Waals surface area contributed by atoms with Gasteiger partial charge in [0.25, 0.3) is 0 Å². The minimum atomic E-state index is -0.784. The standard InChI is InChI=1S/C6H8N2OS2/c1-4(7-3-9)5-2-11-6(10)8-5/h2-4H,1H3,(H,7,9)(H,8,10)/i3D. The molecule has 0 radical (unpaired) electrons. The smallest absolute Gasteiger partial charge is 0.207 e. The molecule has 11 heavy (non-hydrogen) atoms. The van der Waals surface area contributed by atoms with Crippen molar-refractivity contribution in [1.29, 1.82) is 0 Å². The van der Waals surface area contributed by atoms with Crippen LogP contribution in [-0.4, -0.2) is 11.4 Å². The van der Waals surface area contributed by atoms with Gasteiger partial charge >= 0.3 is 0 Å². The molecule has 1 unspecified atom stereocenters. The van der Waals surface area contributed by atoms with Crippen molar-refractivity contribution in [2.24, 2.45) is 0 Å². The number of amides is 1.